The Kier molecular flexibility index (Phi) is 3.60. The van der Waals surface area contributed by atoms with Crippen molar-refractivity contribution in [3.05, 3.63) is 29.6 Å². The third-order valence-corrected chi connectivity index (χ3v) is 3.20. The Hall–Kier alpha value is -1.91. The minimum absolute atomic E-state index is 0.105. The molecule has 1 aliphatic rings. The second-order valence-corrected chi connectivity index (χ2v) is 4.61. The third-order valence-electron chi connectivity index (χ3n) is 3.20. The second-order valence-electron chi connectivity index (χ2n) is 4.61. The van der Waals surface area contributed by atoms with Gasteiger partial charge < -0.3 is 10.0 Å². The molecule has 5 nitrogen and oxygen atoms in total. The van der Waals surface area contributed by atoms with E-state index in [4.69, 9.17) is 5.11 Å². The first kappa shape index (κ1) is 12.5. The predicted octanol–water partition coefficient (Wildman–Crippen LogP) is 1.33. The molecule has 0 unspecified atom stereocenters. The molecule has 1 saturated heterocycles. The number of aromatic nitrogens is 1. The number of carbonyl (C=O) groups is 2. The van der Waals surface area contributed by atoms with Gasteiger partial charge in [0.2, 0.25) is 0 Å². The first-order valence-corrected chi connectivity index (χ1v) is 6.02. The molecule has 1 aliphatic heterocycles. The van der Waals surface area contributed by atoms with Crippen LogP contribution in [0.3, 0.4) is 0 Å². The molecule has 1 aromatic heterocycles. The van der Waals surface area contributed by atoms with Crippen molar-refractivity contribution in [1.82, 2.24) is 9.88 Å². The van der Waals surface area contributed by atoms with Crippen molar-refractivity contribution in [2.24, 2.45) is 5.92 Å². The van der Waals surface area contributed by atoms with Gasteiger partial charge in [0.1, 0.15) is 0 Å². The van der Waals surface area contributed by atoms with Gasteiger partial charge in [-0.2, -0.15) is 0 Å². The van der Waals surface area contributed by atoms with Crippen LogP contribution >= 0.6 is 0 Å². The predicted molar refractivity (Wildman–Crippen MR) is 65.2 cm³/mol. The lowest BCUT2D eigenvalue weighted by Crippen LogP contribution is -2.42. The second kappa shape index (κ2) is 5.16. The highest BCUT2D eigenvalue weighted by atomic mass is 16.4. The molecule has 1 N–H and O–H groups in total. The normalized spacial score (nSPS) is 19.6. The largest absolute Gasteiger partial charge is 0.481 e. The van der Waals surface area contributed by atoms with Crippen molar-refractivity contribution in [3.63, 3.8) is 0 Å². The molecule has 5 heteroatoms. The summed E-state index contributed by atoms with van der Waals surface area (Å²) in [6, 6.07) is 3.40. The Bertz CT molecular complexity index is 473. The van der Waals surface area contributed by atoms with E-state index in [0.717, 1.165) is 12.1 Å². The highest BCUT2D eigenvalue weighted by Crippen LogP contribution is 2.18. The van der Waals surface area contributed by atoms with E-state index in [-0.39, 0.29) is 5.91 Å². The SMILES string of the molecule is Cc1cc(C(=O)N2CCC[C@@H](C(=O)O)C2)ccn1. The molecule has 0 radical (unpaired) electrons. The monoisotopic (exact) mass is 248 g/mol. The Balaban J connectivity index is 2.11. The molecule has 1 fully saturated rings. The van der Waals surface area contributed by atoms with E-state index in [9.17, 15) is 9.59 Å². The highest BCUT2D eigenvalue weighted by molar-refractivity contribution is 5.94. The van der Waals surface area contributed by atoms with E-state index in [1.807, 2.05) is 6.92 Å². The number of pyridine rings is 1. The molecule has 96 valence electrons. The van der Waals surface area contributed by atoms with Gasteiger partial charge in [0.05, 0.1) is 5.92 Å². The van der Waals surface area contributed by atoms with Gasteiger partial charge in [0.25, 0.3) is 5.91 Å². The number of hydrogen-bond acceptors (Lipinski definition) is 3. The summed E-state index contributed by atoms with van der Waals surface area (Å²) in [5.41, 5.74) is 1.36. The van der Waals surface area contributed by atoms with Gasteiger partial charge in [0, 0.05) is 30.5 Å². The molecule has 18 heavy (non-hydrogen) atoms. The van der Waals surface area contributed by atoms with E-state index < -0.39 is 11.9 Å². The topological polar surface area (TPSA) is 70.5 Å². The fourth-order valence-electron chi connectivity index (χ4n) is 2.22. The van der Waals surface area contributed by atoms with Gasteiger partial charge >= 0.3 is 5.97 Å². The van der Waals surface area contributed by atoms with Gasteiger partial charge in [-0.15, -0.1) is 0 Å². The molecule has 2 rings (SSSR count). The lowest BCUT2D eigenvalue weighted by atomic mass is 9.97. The number of carboxylic acids is 1. The molecule has 0 aromatic carbocycles. The molecule has 1 atom stereocenters. The lowest BCUT2D eigenvalue weighted by molar-refractivity contribution is -0.143. The molecular weight excluding hydrogens is 232 g/mol. The number of hydrogen-bond donors (Lipinski definition) is 1. The minimum Gasteiger partial charge on any atom is -0.481 e. The molecule has 2 heterocycles. The van der Waals surface area contributed by atoms with Crippen molar-refractivity contribution < 1.29 is 14.7 Å². The average Bonchev–Trinajstić information content (AvgIpc) is 2.38. The number of aryl methyl sites for hydroxylation is 1. The zero-order valence-electron chi connectivity index (χ0n) is 10.3. The number of carboxylic acid groups (broad SMARTS) is 1. The van der Waals surface area contributed by atoms with Crippen LogP contribution in [-0.4, -0.2) is 40.0 Å². The highest BCUT2D eigenvalue weighted by Gasteiger charge is 2.28. The third kappa shape index (κ3) is 2.67. The zero-order chi connectivity index (χ0) is 13.1. The summed E-state index contributed by atoms with van der Waals surface area (Å²) in [7, 11) is 0. The van der Waals surface area contributed by atoms with Gasteiger partial charge in [0.15, 0.2) is 0 Å². The fraction of sp³-hybridized carbons (Fsp3) is 0.462. The first-order chi connectivity index (χ1) is 8.58. The Morgan fingerprint density at radius 2 is 2.28 bits per heavy atom. The van der Waals surface area contributed by atoms with Crippen LogP contribution in [0.1, 0.15) is 28.9 Å². The summed E-state index contributed by atoms with van der Waals surface area (Å²) >= 11 is 0. The van der Waals surface area contributed by atoms with Crippen LogP contribution in [0.15, 0.2) is 18.3 Å². The van der Waals surface area contributed by atoms with Gasteiger partial charge in [-0.25, -0.2) is 0 Å². The van der Waals surface area contributed by atoms with Crippen LogP contribution in [0.4, 0.5) is 0 Å². The maximum Gasteiger partial charge on any atom is 0.308 e. The van der Waals surface area contributed by atoms with E-state index in [1.165, 1.54) is 0 Å². The van der Waals surface area contributed by atoms with Crippen molar-refractivity contribution in [1.29, 1.82) is 0 Å². The van der Waals surface area contributed by atoms with E-state index >= 15 is 0 Å². The van der Waals surface area contributed by atoms with Gasteiger partial charge in [-0.05, 0) is 31.9 Å². The molecular formula is C13H16N2O3. The number of amides is 1. The van der Waals surface area contributed by atoms with Crippen LogP contribution in [0, 0.1) is 12.8 Å². The number of aliphatic carboxylic acids is 1. The summed E-state index contributed by atoms with van der Waals surface area (Å²) in [6.45, 7) is 2.76. The number of likely N-dealkylation sites (tertiary alicyclic amines) is 1. The maximum absolute atomic E-state index is 12.2. The van der Waals surface area contributed by atoms with Crippen molar-refractivity contribution in [3.8, 4) is 0 Å². The Morgan fingerprint density at radius 1 is 1.50 bits per heavy atom. The smallest absolute Gasteiger partial charge is 0.308 e. The molecule has 0 bridgehead atoms. The van der Waals surface area contributed by atoms with Gasteiger partial charge in [-0.1, -0.05) is 0 Å². The summed E-state index contributed by atoms with van der Waals surface area (Å²) in [5, 5.41) is 9.00. The van der Waals surface area contributed by atoms with Crippen LogP contribution in [0.2, 0.25) is 0 Å². The van der Waals surface area contributed by atoms with Gasteiger partial charge in [-0.3, -0.25) is 14.6 Å². The molecule has 1 amide bonds. The summed E-state index contributed by atoms with van der Waals surface area (Å²) in [6.07, 6.45) is 2.99. The summed E-state index contributed by atoms with van der Waals surface area (Å²) < 4.78 is 0. The van der Waals surface area contributed by atoms with Crippen molar-refractivity contribution in [2.45, 2.75) is 19.8 Å². The van der Waals surface area contributed by atoms with E-state index in [1.54, 1.807) is 23.2 Å². The van der Waals surface area contributed by atoms with E-state index in [2.05, 4.69) is 4.98 Å². The quantitative estimate of drug-likeness (QED) is 0.857. The molecule has 1 aromatic rings. The van der Waals surface area contributed by atoms with Crippen molar-refractivity contribution >= 4 is 11.9 Å². The van der Waals surface area contributed by atoms with Crippen LogP contribution in [0.5, 0.6) is 0 Å². The Labute approximate surface area is 105 Å². The molecule has 0 saturated carbocycles. The number of nitrogens with zero attached hydrogens (tertiary/aromatic N) is 2. The molecule has 0 aliphatic carbocycles. The standard InChI is InChI=1S/C13H16N2O3/c1-9-7-10(4-5-14-9)12(16)15-6-2-3-11(8-15)13(17)18/h4-5,7,11H,2-3,6,8H2,1H3,(H,17,18)/t11-/m1/s1. The zero-order valence-corrected chi connectivity index (χ0v) is 10.3. The number of rotatable bonds is 2. The van der Waals surface area contributed by atoms with Crippen LogP contribution in [0.25, 0.3) is 0 Å². The van der Waals surface area contributed by atoms with Crippen molar-refractivity contribution in [2.75, 3.05) is 13.1 Å². The number of carbonyl (C=O) groups excluding carboxylic acids is 1. The fourth-order valence-corrected chi connectivity index (χ4v) is 2.22. The lowest BCUT2D eigenvalue weighted by Gasteiger charge is -2.30. The van der Waals surface area contributed by atoms with Crippen LogP contribution < -0.4 is 0 Å². The Morgan fingerprint density at radius 3 is 2.94 bits per heavy atom. The summed E-state index contributed by atoms with van der Waals surface area (Å²) in [4.78, 5) is 28.9. The number of piperidine rings is 1. The summed E-state index contributed by atoms with van der Waals surface area (Å²) in [5.74, 6) is -1.37. The minimum atomic E-state index is -0.821. The van der Waals surface area contributed by atoms with E-state index in [0.29, 0.717) is 25.1 Å². The molecule has 0 spiro atoms. The first-order valence-electron chi connectivity index (χ1n) is 6.02. The van der Waals surface area contributed by atoms with Crippen LogP contribution in [-0.2, 0) is 4.79 Å². The maximum atomic E-state index is 12.2. The average molecular weight is 248 g/mol.